The van der Waals surface area contributed by atoms with E-state index in [9.17, 15) is 14.4 Å². The lowest BCUT2D eigenvalue weighted by Gasteiger charge is -2.22. The second kappa shape index (κ2) is 10.3. The van der Waals surface area contributed by atoms with E-state index < -0.39 is 17.9 Å². The number of fused-ring (bicyclic) bond motifs is 1. The number of aromatic nitrogens is 1. The van der Waals surface area contributed by atoms with Crippen LogP contribution in [-0.2, 0) is 9.59 Å². The van der Waals surface area contributed by atoms with E-state index in [2.05, 4.69) is 10.1 Å². The van der Waals surface area contributed by atoms with Gasteiger partial charge in [0.2, 0.25) is 5.91 Å². The van der Waals surface area contributed by atoms with E-state index in [1.54, 1.807) is 19.2 Å². The number of H-pyrrole nitrogens is 1. The number of aliphatic carboxylic acids is 1. The lowest BCUT2D eigenvalue weighted by Crippen LogP contribution is -2.27. The van der Waals surface area contributed by atoms with Gasteiger partial charge in [0.15, 0.2) is 0 Å². The van der Waals surface area contributed by atoms with Gasteiger partial charge in [0.25, 0.3) is 5.56 Å². The van der Waals surface area contributed by atoms with Crippen LogP contribution in [0.1, 0.15) is 42.0 Å². The Morgan fingerprint density at radius 3 is 2.45 bits per heavy atom. The normalized spacial score (nSPS) is 14.9. The second-order valence-corrected chi connectivity index (χ2v) is 9.29. The van der Waals surface area contributed by atoms with Gasteiger partial charge in [0.1, 0.15) is 5.75 Å². The van der Waals surface area contributed by atoms with Crippen molar-refractivity contribution in [2.75, 3.05) is 7.11 Å². The van der Waals surface area contributed by atoms with Gasteiger partial charge in [-0.15, -0.1) is 0 Å². The minimum atomic E-state index is -1.06. The molecule has 1 atom stereocenters. The molecule has 38 heavy (non-hydrogen) atoms. The molecule has 2 N–H and O–H groups in total. The number of carbonyl (C=O) groups excluding carboxylic acids is 1. The van der Waals surface area contributed by atoms with Gasteiger partial charge in [-0.3, -0.25) is 14.4 Å². The average molecular weight is 510 g/mol. The quantitative estimate of drug-likeness (QED) is 0.362. The Hall–Kier alpha value is -4.72. The monoisotopic (exact) mass is 509 g/mol. The molecule has 1 unspecified atom stereocenters. The zero-order chi connectivity index (χ0) is 26.8. The van der Waals surface area contributed by atoms with Crippen molar-refractivity contribution in [1.29, 1.82) is 0 Å². The minimum Gasteiger partial charge on any atom is -0.497 e. The molecule has 8 heteroatoms. The molecule has 5 rings (SSSR count). The molecule has 3 aromatic carbocycles. The Labute approximate surface area is 219 Å². The van der Waals surface area contributed by atoms with Crippen LogP contribution in [0.4, 0.5) is 0 Å². The predicted octanol–water partition coefficient (Wildman–Crippen LogP) is 5.05. The van der Waals surface area contributed by atoms with E-state index in [4.69, 9.17) is 9.84 Å². The minimum absolute atomic E-state index is 0.197. The number of methoxy groups -OCH3 is 1. The first-order valence-electron chi connectivity index (χ1n) is 12.3. The summed E-state index contributed by atoms with van der Waals surface area (Å²) in [6.07, 6.45) is -0.205. The van der Waals surface area contributed by atoms with Gasteiger partial charge >= 0.3 is 5.97 Å². The fraction of sp³-hybridized carbons (Fsp3) is 0.200. The molecular weight excluding hydrogens is 482 g/mol. The Morgan fingerprint density at radius 1 is 1.03 bits per heavy atom. The van der Waals surface area contributed by atoms with Crippen LogP contribution in [0.2, 0.25) is 0 Å². The molecule has 8 nitrogen and oxygen atoms in total. The molecule has 192 valence electrons. The molecule has 1 aliphatic rings. The van der Waals surface area contributed by atoms with E-state index in [0.29, 0.717) is 29.0 Å². The van der Waals surface area contributed by atoms with Crippen molar-refractivity contribution in [2.45, 2.75) is 32.2 Å². The highest BCUT2D eigenvalue weighted by Crippen LogP contribution is 2.37. The number of carbonyl (C=O) groups is 2. The number of aromatic amines is 1. The van der Waals surface area contributed by atoms with Crippen LogP contribution in [0.5, 0.6) is 5.75 Å². The molecule has 1 aliphatic heterocycles. The van der Waals surface area contributed by atoms with E-state index in [1.807, 2.05) is 67.6 Å². The largest absolute Gasteiger partial charge is 0.497 e. The molecule has 0 radical (unpaired) electrons. The summed E-state index contributed by atoms with van der Waals surface area (Å²) < 4.78 is 5.27. The molecule has 1 aromatic heterocycles. The standard InChI is InChI=1S/C30H27N3O5/c1-18-8-13-23-22(16-18)28(20-6-4-3-5-7-20)29(30(37)31-23)24-17-25(19-9-11-21(38-2)12-10-19)33(32-24)26(34)14-15-27(35)36/h3-13,16,25H,14-15,17H2,1-2H3,(H,31,37)(H,35,36). The summed E-state index contributed by atoms with van der Waals surface area (Å²) in [6.45, 7) is 1.99. The number of benzene rings is 3. The number of carboxylic acids is 1. The number of rotatable bonds is 7. The molecule has 0 fully saturated rings. The zero-order valence-electron chi connectivity index (χ0n) is 21.1. The number of carboxylic acid groups (broad SMARTS) is 1. The van der Waals surface area contributed by atoms with Crippen molar-refractivity contribution in [3.8, 4) is 16.9 Å². The summed E-state index contributed by atoms with van der Waals surface area (Å²) in [5.41, 5.74) is 4.75. The highest BCUT2D eigenvalue weighted by Gasteiger charge is 2.35. The summed E-state index contributed by atoms with van der Waals surface area (Å²) in [4.78, 5) is 40.9. The number of hydrogen-bond donors (Lipinski definition) is 2. The van der Waals surface area contributed by atoms with E-state index in [0.717, 1.165) is 27.6 Å². The van der Waals surface area contributed by atoms with E-state index in [1.165, 1.54) is 5.01 Å². The summed E-state index contributed by atoms with van der Waals surface area (Å²) in [6, 6.07) is 22.3. The Kier molecular flexibility index (Phi) is 6.79. The number of nitrogens with one attached hydrogen (secondary N) is 1. The Bertz CT molecular complexity index is 1610. The fourth-order valence-electron chi connectivity index (χ4n) is 4.89. The Morgan fingerprint density at radius 2 is 1.76 bits per heavy atom. The third-order valence-corrected chi connectivity index (χ3v) is 6.74. The maximum atomic E-state index is 13.6. The van der Waals surface area contributed by atoms with Crippen LogP contribution < -0.4 is 10.3 Å². The molecule has 0 bridgehead atoms. The van der Waals surface area contributed by atoms with Crippen LogP contribution in [0.15, 0.2) is 82.7 Å². The van der Waals surface area contributed by atoms with Gasteiger partial charge < -0.3 is 14.8 Å². The summed E-state index contributed by atoms with van der Waals surface area (Å²) in [5, 5.41) is 16.0. The second-order valence-electron chi connectivity index (χ2n) is 9.29. The third-order valence-electron chi connectivity index (χ3n) is 6.74. The molecule has 0 aliphatic carbocycles. The summed E-state index contributed by atoms with van der Waals surface area (Å²) in [5.74, 6) is -0.808. The topological polar surface area (TPSA) is 112 Å². The van der Waals surface area contributed by atoms with Gasteiger partial charge in [-0.1, -0.05) is 54.1 Å². The van der Waals surface area contributed by atoms with Crippen molar-refractivity contribution >= 4 is 28.5 Å². The van der Waals surface area contributed by atoms with Crippen LogP contribution in [0.3, 0.4) is 0 Å². The Balaban J connectivity index is 1.68. The van der Waals surface area contributed by atoms with Gasteiger partial charge in [-0.25, -0.2) is 5.01 Å². The number of aryl methyl sites for hydroxylation is 1. The van der Waals surface area contributed by atoms with Crippen molar-refractivity contribution in [2.24, 2.45) is 5.10 Å². The van der Waals surface area contributed by atoms with Gasteiger partial charge in [-0.2, -0.15) is 5.10 Å². The maximum absolute atomic E-state index is 13.6. The predicted molar refractivity (Wildman–Crippen MR) is 145 cm³/mol. The molecule has 2 heterocycles. The highest BCUT2D eigenvalue weighted by atomic mass is 16.5. The zero-order valence-corrected chi connectivity index (χ0v) is 21.1. The SMILES string of the molecule is COc1ccc(C2CC(c3c(-c4ccccc4)c4cc(C)ccc4[nH]c3=O)=NN2C(=O)CCC(=O)O)cc1. The van der Waals surface area contributed by atoms with E-state index in [-0.39, 0.29) is 18.4 Å². The van der Waals surface area contributed by atoms with Crippen molar-refractivity contribution in [3.05, 3.63) is 99.8 Å². The molecule has 0 spiro atoms. The highest BCUT2D eigenvalue weighted by molar-refractivity contribution is 6.13. The molecule has 0 saturated carbocycles. The number of ether oxygens (including phenoxy) is 1. The first kappa shape index (κ1) is 25.0. The van der Waals surface area contributed by atoms with Crippen molar-refractivity contribution < 1.29 is 19.4 Å². The molecule has 4 aromatic rings. The molecule has 0 saturated heterocycles. The smallest absolute Gasteiger partial charge is 0.303 e. The molecule has 1 amide bonds. The lowest BCUT2D eigenvalue weighted by atomic mass is 9.90. The third kappa shape index (κ3) is 4.80. The van der Waals surface area contributed by atoms with Crippen LogP contribution in [0.25, 0.3) is 22.0 Å². The van der Waals surface area contributed by atoms with Gasteiger partial charge in [-0.05, 0) is 42.3 Å². The lowest BCUT2D eigenvalue weighted by molar-refractivity contribution is -0.141. The van der Waals surface area contributed by atoms with Crippen LogP contribution >= 0.6 is 0 Å². The van der Waals surface area contributed by atoms with Crippen molar-refractivity contribution in [1.82, 2.24) is 9.99 Å². The van der Waals surface area contributed by atoms with Gasteiger partial charge in [0, 0.05) is 29.3 Å². The van der Waals surface area contributed by atoms with Crippen molar-refractivity contribution in [3.63, 3.8) is 0 Å². The molecular formula is C30H27N3O5. The van der Waals surface area contributed by atoms with Crippen LogP contribution in [0, 0.1) is 6.92 Å². The van der Waals surface area contributed by atoms with Gasteiger partial charge in [0.05, 0.1) is 30.8 Å². The summed E-state index contributed by atoms with van der Waals surface area (Å²) in [7, 11) is 1.58. The number of nitrogens with zero attached hydrogens (tertiary/aromatic N) is 2. The first-order chi connectivity index (χ1) is 18.4. The fourth-order valence-corrected chi connectivity index (χ4v) is 4.89. The number of pyridine rings is 1. The number of amides is 1. The summed E-state index contributed by atoms with van der Waals surface area (Å²) >= 11 is 0. The number of hydrogen-bond acceptors (Lipinski definition) is 5. The maximum Gasteiger partial charge on any atom is 0.303 e. The average Bonchev–Trinajstić information content (AvgIpc) is 3.37. The van der Waals surface area contributed by atoms with E-state index >= 15 is 0 Å². The first-order valence-corrected chi connectivity index (χ1v) is 12.3. The van der Waals surface area contributed by atoms with Crippen LogP contribution in [-0.4, -0.2) is 39.8 Å². The number of hydrazone groups is 1.